The molecule has 0 saturated carbocycles. The highest BCUT2D eigenvalue weighted by molar-refractivity contribution is 5.26. The van der Waals surface area contributed by atoms with Crippen LogP contribution in [-0.2, 0) is 6.42 Å². The molecule has 0 amide bonds. The second-order valence-electron chi connectivity index (χ2n) is 7.78. The maximum atomic E-state index is 9.54. The van der Waals surface area contributed by atoms with Crippen LogP contribution in [0.4, 0.5) is 0 Å². The molecule has 0 bridgehead atoms. The third kappa shape index (κ3) is 3.92. The Balaban J connectivity index is 1.44. The molecule has 1 aliphatic heterocycles. The average molecular weight is 306 g/mol. The van der Waals surface area contributed by atoms with E-state index in [9.17, 15) is 5.11 Å². The Kier molecular flexibility index (Phi) is 4.91. The van der Waals surface area contributed by atoms with Gasteiger partial charge in [-0.3, -0.25) is 0 Å². The SMILES string of the molecule is CC1(C)Cc2occc2C(NCCCN2CCC(O)CC2)C1. The molecule has 0 aromatic carbocycles. The zero-order valence-corrected chi connectivity index (χ0v) is 14.0. The Morgan fingerprint density at radius 1 is 1.36 bits per heavy atom. The molecule has 124 valence electrons. The van der Waals surface area contributed by atoms with Crippen LogP contribution >= 0.6 is 0 Å². The monoisotopic (exact) mass is 306 g/mol. The van der Waals surface area contributed by atoms with Crippen molar-refractivity contribution in [1.82, 2.24) is 10.2 Å². The van der Waals surface area contributed by atoms with E-state index in [1.165, 1.54) is 24.2 Å². The van der Waals surface area contributed by atoms with Crippen LogP contribution < -0.4 is 5.32 Å². The summed E-state index contributed by atoms with van der Waals surface area (Å²) in [6.07, 6.45) is 7.02. The first-order valence-electron chi connectivity index (χ1n) is 8.74. The third-order valence-electron chi connectivity index (χ3n) is 5.15. The fraction of sp³-hybridized carbons (Fsp3) is 0.778. The van der Waals surface area contributed by atoms with Crippen LogP contribution in [0, 0.1) is 5.41 Å². The molecule has 22 heavy (non-hydrogen) atoms. The van der Waals surface area contributed by atoms with Gasteiger partial charge in [-0.1, -0.05) is 13.8 Å². The number of likely N-dealkylation sites (tertiary alicyclic amines) is 1. The summed E-state index contributed by atoms with van der Waals surface area (Å²) in [5.74, 6) is 1.17. The molecular formula is C18H30N2O2. The molecule has 1 fully saturated rings. The van der Waals surface area contributed by atoms with E-state index < -0.39 is 0 Å². The van der Waals surface area contributed by atoms with Gasteiger partial charge in [0, 0.05) is 31.1 Å². The number of nitrogens with zero attached hydrogens (tertiary/aromatic N) is 1. The van der Waals surface area contributed by atoms with Crippen LogP contribution in [0.5, 0.6) is 0 Å². The minimum atomic E-state index is -0.0710. The minimum Gasteiger partial charge on any atom is -0.469 e. The van der Waals surface area contributed by atoms with Crippen LogP contribution in [0.1, 0.15) is 56.9 Å². The Hall–Kier alpha value is -0.840. The second kappa shape index (κ2) is 6.73. The quantitative estimate of drug-likeness (QED) is 0.821. The van der Waals surface area contributed by atoms with Gasteiger partial charge < -0.3 is 19.7 Å². The number of piperidine rings is 1. The van der Waals surface area contributed by atoms with Crippen LogP contribution in [0.3, 0.4) is 0 Å². The van der Waals surface area contributed by atoms with Crippen molar-refractivity contribution in [2.45, 2.75) is 58.1 Å². The van der Waals surface area contributed by atoms with E-state index in [4.69, 9.17) is 4.42 Å². The van der Waals surface area contributed by atoms with E-state index in [0.717, 1.165) is 45.4 Å². The molecule has 2 N–H and O–H groups in total. The van der Waals surface area contributed by atoms with E-state index in [1.54, 1.807) is 0 Å². The smallest absolute Gasteiger partial charge is 0.109 e. The summed E-state index contributed by atoms with van der Waals surface area (Å²) in [7, 11) is 0. The molecule has 2 heterocycles. The van der Waals surface area contributed by atoms with E-state index in [2.05, 4.69) is 30.1 Å². The molecule has 1 aliphatic carbocycles. The molecule has 1 aromatic heterocycles. The van der Waals surface area contributed by atoms with Crippen molar-refractivity contribution < 1.29 is 9.52 Å². The maximum absolute atomic E-state index is 9.54. The summed E-state index contributed by atoms with van der Waals surface area (Å²) in [4.78, 5) is 2.47. The number of nitrogens with one attached hydrogen (secondary N) is 1. The molecule has 3 rings (SSSR count). The number of aliphatic hydroxyl groups excluding tert-OH is 1. The van der Waals surface area contributed by atoms with Crippen molar-refractivity contribution in [3.8, 4) is 0 Å². The largest absolute Gasteiger partial charge is 0.469 e. The third-order valence-corrected chi connectivity index (χ3v) is 5.15. The Morgan fingerprint density at radius 3 is 2.91 bits per heavy atom. The van der Waals surface area contributed by atoms with Gasteiger partial charge >= 0.3 is 0 Å². The fourth-order valence-corrected chi connectivity index (χ4v) is 3.88. The standard InChI is InChI=1S/C18H30N2O2/c1-18(2)12-16(15-6-11-22-17(15)13-18)19-7-3-8-20-9-4-14(21)5-10-20/h6,11,14,16,19,21H,3-5,7-10,12-13H2,1-2H3. The number of hydrogen-bond donors (Lipinski definition) is 2. The minimum absolute atomic E-state index is 0.0710. The summed E-state index contributed by atoms with van der Waals surface area (Å²) in [5.41, 5.74) is 1.67. The lowest BCUT2D eigenvalue weighted by Gasteiger charge is -2.35. The van der Waals surface area contributed by atoms with Crippen LogP contribution in [0.25, 0.3) is 0 Å². The highest BCUT2D eigenvalue weighted by atomic mass is 16.3. The van der Waals surface area contributed by atoms with Gasteiger partial charge in [-0.05, 0) is 50.3 Å². The van der Waals surface area contributed by atoms with Crippen LogP contribution in [0.2, 0.25) is 0 Å². The molecular weight excluding hydrogens is 276 g/mol. The normalized spacial score (nSPS) is 26.0. The number of hydrogen-bond acceptors (Lipinski definition) is 4. The molecule has 1 aromatic rings. The lowest BCUT2D eigenvalue weighted by molar-refractivity contribution is 0.0819. The van der Waals surface area contributed by atoms with Crippen molar-refractivity contribution in [3.63, 3.8) is 0 Å². The predicted molar refractivity (Wildman–Crippen MR) is 87.9 cm³/mol. The molecule has 1 atom stereocenters. The van der Waals surface area contributed by atoms with Gasteiger partial charge in [-0.2, -0.15) is 0 Å². The van der Waals surface area contributed by atoms with Gasteiger partial charge in [-0.25, -0.2) is 0 Å². The zero-order valence-electron chi connectivity index (χ0n) is 14.0. The summed E-state index contributed by atoms with van der Waals surface area (Å²) in [6.45, 7) is 8.92. The first-order chi connectivity index (χ1) is 10.5. The van der Waals surface area contributed by atoms with Crippen LogP contribution in [0.15, 0.2) is 16.7 Å². The van der Waals surface area contributed by atoms with Gasteiger partial charge in [0.05, 0.1) is 12.4 Å². The van der Waals surface area contributed by atoms with E-state index in [-0.39, 0.29) is 6.10 Å². The Morgan fingerprint density at radius 2 is 2.14 bits per heavy atom. The molecule has 1 unspecified atom stereocenters. The van der Waals surface area contributed by atoms with Crippen molar-refractivity contribution >= 4 is 0 Å². The van der Waals surface area contributed by atoms with E-state index in [1.807, 2.05) is 6.26 Å². The van der Waals surface area contributed by atoms with Crippen molar-refractivity contribution in [1.29, 1.82) is 0 Å². The molecule has 4 nitrogen and oxygen atoms in total. The molecule has 4 heteroatoms. The number of fused-ring (bicyclic) bond motifs is 1. The summed E-state index contributed by atoms with van der Waals surface area (Å²) in [5, 5.41) is 13.3. The lowest BCUT2D eigenvalue weighted by atomic mass is 9.75. The summed E-state index contributed by atoms with van der Waals surface area (Å²) in [6, 6.07) is 2.56. The lowest BCUT2D eigenvalue weighted by Crippen LogP contribution is -2.38. The molecule has 2 aliphatic rings. The highest BCUT2D eigenvalue weighted by Gasteiger charge is 2.33. The molecule has 1 saturated heterocycles. The van der Waals surface area contributed by atoms with Gasteiger partial charge in [-0.15, -0.1) is 0 Å². The van der Waals surface area contributed by atoms with Crippen molar-refractivity contribution in [2.75, 3.05) is 26.2 Å². The molecule has 0 radical (unpaired) electrons. The molecule has 0 spiro atoms. The highest BCUT2D eigenvalue weighted by Crippen LogP contribution is 2.41. The maximum Gasteiger partial charge on any atom is 0.109 e. The topological polar surface area (TPSA) is 48.6 Å². The Bertz CT molecular complexity index is 475. The van der Waals surface area contributed by atoms with Gasteiger partial charge in [0.2, 0.25) is 0 Å². The number of furan rings is 1. The number of aliphatic hydroxyl groups is 1. The number of rotatable bonds is 5. The van der Waals surface area contributed by atoms with Gasteiger partial charge in [0.1, 0.15) is 5.76 Å². The van der Waals surface area contributed by atoms with E-state index >= 15 is 0 Å². The summed E-state index contributed by atoms with van der Waals surface area (Å²) >= 11 is 0. The Labute approximate surface area is 133 Å². The van der Waals surface area contributed by atoms with Crippen LogP contribution in [-0.4, -0.2) is 42.3 Å². The first-order valence-corrected chi connectivity index (χ1v) is 8.74. The average Bonchev–Trinajstić information content (AvgIpc) is 2.92. The fourth-order valence-electron chi connectivity index (χ4n) is 3.88. The van der Waals surface area contributed by atoms with Crippen molar-refractivity contribution in [2.24, 2.45) is 5.41 Å². The second-order valence-corrected chi connectivity index (χ2v) is 7.78. The van der Waals surface area contributed by atoms with E-state index in [0.29, 0.717) is 11.5 Å². The van der Waals surface area contributed by atoms with Gasteiger partial charge in [0.15, 0.2) is 0 Å². The van der Waals surface area contributed by atoms with Gasteiger partial charge in [0.25, 0.3) is 0 Å². The first kappa shape index (κ1) is 16.0. The van der Waals surface area contributed by atoms with Crippen molar-refractivity contribution in [3.05, 3.63) is 23.7 Å². The zero-order chi connectivity index (χ0) is 15.6. The summed E-state index contributed by atoms with van der Waals surface area (Å²) < 4.78 is 5.66. The predicted octanol–water partition coefficient (Wildman–Crippen LogP) is 2.73.